The molecule has 0 aliphatic carbocycles. The number of hydrogen-bond donors (Lipinski definition) is 0. The minimum Gasteiger partial charge on any atom is -0.0894 e. The number of aryl methyl sites for hydroxylation is 2. The average Bonchev–Trinajstić information content (AvgIpc) is 3.01. The largest absolute Gasteiger partial charge is 0.0894 e. The summed E-state index contributed by atoms with van der Waals surface area (Å²) in [5, 5.41) is 11.4. The Morgan fingerprint density at radius 1 is 0.405 bits per heavy atom. The van der Waals surface area contributed by atoms with E-state index in [-0.39, 0.29) is 0 Å². The first-order valence-electron chi connectivity index (χ1n) is 13.5. The third-order valence-electron chi connectivity index (χ3n) is 6.64. The van der Waals surface area contributed by atoms with E-state index in [1.165, 1.54) is 52.3 Å². The molecule has 202 valence electrons. The maximum atomic E-state index is 3.23. The highest BCUT2D eigenvalue weighted by Crippen LogP contribution is 2.40. The first kappa shape index (κ1) is 28.5. The molecule has 0 atom stereocenters. The molecule has 0 fully saturated rings. The van der Waals surface area contributed by atoms with Crippen LogP contribution >= 0.6 is 47.0 Å². The molecule has 6 aromatic carbocycles. The second-order valence-electron chi connectivity index (χ2n) is 9.71. The Kier molecular flexibility index (Phi) is 9.19. The molecule has 6 aromatic rings. The second-order valence-corrected chi connectivity index (χ2v) is 13.6. The molecule has 42 heavy (non-hydrogen) atoms. The molecule has 0 radical (unpaired) electrons. The van der Waals surface area contributed by atoms with Gasteiger partial charge >= 0.3 is 0 Å². The topological polar surface area (TPSA) is 0 Å². The number of thioether (sulfide) groups is 2. The highest BCUT2D eigenvalue weighted by Gasteiger charge is 2.09. The van der Waals surface area contributed by atoms with Crippen molar-refractivity contribution in [2.45, 2.75) is 43.2 Å². The van der Waals surface area contributed by atoms with E-state index in [9.17, 15) is 0 Å². The fraction of sp³-hybridized carbons (Fsp3) is 0.0526. The van der Waals surface area contributed by atoms with Crippen molar-refractivity contribution < 1.29 is 0 Å². The fourth-order valence-corrected chi connectivity index (χ4v) is 8.08. The maximum Gasteiger partial charge on any atom is 0.0293 e. The van der Waals surface area contributed by atoms with Gasteiger partial charge in [-0.25, -0.2) is 0 Å². The van der Waals surface area contributed by atoms with Crippen LogP contribution in [0.5, 0.6) is 0 Å². The molecule has 0 saturated heterocycles. The van der Waals surface area contributed by atoms with Crippen LogP contribution in [0.3, 0.4) is 0 Å². The standard InChI is InChI=1S/C38H26S4/c1-27-17-21-31(22-18-27)41-35-15-7-11-29-9-5-13-33(37(29)35)39-25-3-4-26-40-34-14-6-10-30-12-8-16-36(38(30)34)42-32-23-19-28(2)20-24-32/h5-24H,1-2H3. The van der Waals surface area contributed by atoms with Crippen molar-refractivity contribution in [3.05, 3.63) is 132 Å². The lowest BCUT2D eigenvalue weighted by molar-refractivity contribution is 1.36. The highest BCUT2D eigenvalue weighted by molar-refractivity contribution is 8.04. The van der Waals surface area contributed by atoms with E-state index in [4.69, 9.17) is 0 Å². The van der Waals surface area contributed by atoms with Crippen LogP contribution in [0.1, 0.15) is 11.1 Å². The first-order chi connectivity index (χ1) is 20.6. The van der Waals surface area contributed by atoms with Gasteiger partial charge in [0.05, 0.1) is 0 Å². The van der Waals surface area contributed by atoms with Gasteiger partial charge in [-0.2, -0.15) is 0 Å². The van der Waals surface area contributed by atoms with Crippen molar-refractivity contribution in [3.8, 4) is 22.3 Å². The van der Waals surface area contributed by atoms with Gasteiger partial charge in [0.1, 0.15) is 0 Å². The summed E-state index contributed by atoms with van der Waals surface area (Å²) >= 11 is 6.67. The predicted octanol–water partition coefficient (Wildman–Crippen LogP) is 11.7. The normalized spacial score (nSPS) is 10.6. The van der Waals surface area contributed by atoms with Crippen molar-refractivity contribution in [1.82, 2.24) is 0 Å². The van der Waals surface area contributed by atoms with Gasteiger partial charge in [0.15, 0.2) is 0 Å². The van der Waals surface area contributed by atoms with Crippen molar-refractivity contribution in [1.29, 1.82) is 0 Å². The van der Waals surface area contributed by atoms with Crippen LogP contribution in [-0.2, 0) is 0 Å². The summed E-state index contributed by atoms with van der Waals surface area (Å²) in [5.74, 6) is 6.14. The van der Waals surface area contributed by atoms with Crippen molar-refractivity contribution in [2.75, 3.05) is 0 Å². The highest BCUT2D eigenvalue weighted by atomic mass is 32.2. The molecular formula is C38H26S4. The Labute approximate surface area is 265 Å². The molecule has 0 aliphatic rings. The van der Waals surface area contributed by atoms with Gasteiger partial charge in [-0.3, -0.25) is 0 Å². The van der Waals surface area contributed by atoms with E-state index < -0.39 is 0 Å². The van der Waals surface area contributed by atoms with Crippen LogP contribution in [0.15, 0.2) is 151 Å². The summed E-state index contributed by atoms with van der Waals surface area (Å²) < 4.78 is 0. The van der Waals surface area contributed by atoms with E-state index in [1.807, 2.05) is 0 Å². The number of benzene rings is 6. The molecule has 0 aromatic heterocycles. The quantitative estimate of drug-likeness (QED) is 0.136. The lowest BCUT2D eigenvalue weighted by atomic mass is 10.1. The smallest absolute Gasteiger partial charge is 0.0293 e. The monoisotopic (exact) mass is 610 g/mol. The number of rotatable bonds is 6. The minimum atomic E-state index is 1.15. The van der Waals surface area contributed by atoms with Gasteiger partial charge in [-0.15, -0.1) is 0 Å². The van der Waals surface area contributed by atoms with Crippen LogP contribution in [-0.4, -0.2) is 0 Å². The molecule has 0 amide bonds. The molecule has 0 unspecified atom stereocenters. The lowest BCUT2D eigenvalue weighted by Crippen LogP contribution is -1.82. The van der Waals surface area contributed by atoms with E-state index in [0.29, 0.717) is 0 Å². The first-order valence-corrected chi connectivity index (χ1v) is 16.8. The van der Waals surface area contributed by atoms with Crippen molar-refractivity contribution >= 4 is 68.6 Å². The third-order valence-corrected chi connectivity index (χ3v) is 10.3. The number of hydrogen-bond acceptors (Lipinski definition) is 4. The molecule has 0 spiro atoms. The molecule has 0 bridgehead atoms. The Hall–Kier alpha value is -3.64. The zero-order valence-electron chi connectivity index (χ0n) is 23.2. The van der Waals surface area contributed by atoms with Gasteiger partial charge in [0.25, 0.3) is 0 Å². The van der Waals surface area contributed by atoms with Crippen molar-refractivity contribution in [3.63, 3.8) is 0 Å². The van der Waals surface area contributed by atoms with Gasteiger partial charge in [0.2, 0.25) is 0 Å². The summed E-state index contributed by atoms with van der Waals surface area (Å²) in [5.41, 5.74) is 2.54. The summed E-state index contributed by atoms with van der Waals surface area (Å²) in [6.45, 7) is 4.23. The zero-order valence-corrected chi connectivity index (χ0v) is 26.4. The third kappa shape index (κ3) is 6.87. The molecule has 0 heterocycles. The molecule has 0 nitrogen and oxygen atoms in total. The van der Waals surface area contributed by atoms with E-state index in [0.717, 1.165) is 9.79 Å². The SMILES string of the molecule is Cc1ccc(Sc2cccc3cccc(SC#CC#CSc4cccc5cccc(Sc6ccc(C)cc6)c45)c23)cc1. The van der Waals surface area contributed by atoms with E-state index in [2.05, 4.69) is 158 Å². The summed E-state index contributed by atoms with van der Waals surface area (Å²) in [4.78, 5) is 7.23. The maximum absolute atomic E-state index is 3.23. The number of fused-ring (bicyclic) bond motifs is 2. The lowest BCUT2D eigenvalue weighted by Gasteiger charge is -2.10. The molecule has 0 aliphatic heterocycles. The Balaban J connectivity index is 1.21. The van der Waals surface area contributed by atoms with Crippen LogP contribution < -0.4 is 0 Å². The summed E-state index contributed by atoms with van der Waals surface area (Å²) in [7, 11) is 0. The van der Waals surface area contributed by atoms with Gasteiger partial charge < -0.3 is 0 Å². The molecule has 0 N–H and O–H groups in total. The average molecular weight is 611 g/mol. The van der Waals surface area contributed by atoms with Gasteiger partial charge in [0, 0.05) is 40.1 Å². The van der Waals surface area contributed by atoms with Crippen LogP contribution in [0.2, 0.25) is 0 Å². The molecule has 6 rings (SSSR count). The van der Waals surface area contributed by atoms with E-state index in [1.54, 1.807) is 47.0 Å². The van der Waals surface area contributed by atoms with E-state index >= 15 is 0 Å². The Morgan fingerprint density at radius 3 is 1.14 bits per heavy atom. The summed E-state index contributed by atoms with van der Waals surface area (Å²) in [6, 6.07) is 43.1. The Morgan fingerprint density at radius 2 is 0.762 bits per heavy atom. The fourth-order valence-electron chi connectivity index (χ4n) is 4.57. The predicted molar refractivity (Wildman–Crippen MR) is 186 cm³/mol. The Bertz CT molecular complexity index is 1840. The van der Waals surface area contributed by atoms with Crippen LogP contribution in [0.4, 0.5) is 0 Å². The molecule has 4 heteroatoms. The zero-order chi connectivity index (χ0) is 28.7. The molecular weight excluding hydrogens is 585 g/mol. The van der Waals surface area contributed by atoms with Crippen LogP contribution in [0.25, 0.3) is 21.5 Å². The second kappa shape index (κ2) is 13.6. The van der Waals surface area contributed by atoms with Gasteiger partial charge in [-0.1, -0.05) is 107 Å². The van der Waals surface area contributed by atoms with Crippen molar-refractivity contribution in [2.24, 2.45) is 0 Å². The van der Waals surface area contributed by atoms with Gasteiger partial charge in [-0.05, 0) is 119 Å². The molecule has 0 saturated carbocycles. The van der Waals surface area contributed by atoms with Crippen LogP contribution in [0, 0.1) is 36.2 Å². The summed E-state index contributed by atoms with van der Waals surface area (Å²) in [6.07, 6.45) is 0. The minimum absolute atomic E-state index is 1.15.